The number of rotatable bonds is 3. The van der Waals surface area contributed by atoms with E-state index in [9.17, 15) is 4.79 Å². The maximum atomic E-state index is 11.7. The number of aryl methyl sites for hydroxylation is 1. The van der Waals surface area contributed by atoms with Gasteiger partial charge in [0.2, 0.25) is 0 Å². The maximum absolute atomic E-state index is 11.7. The van der Waals surface area contributed by atoms with Crippen LogP contribution in [0.2, 0.25) is 0 Å². The van der Waals surface area contributed by atoms with Gasteiger partial charge in [0, 0.05) is 12.7 Å². The molecular weight excluding hydrogens is 252 g/mol. The Bertz CT molecular complexity index is 621. The highest BCUT2D eigenvalue weighted by Crippen LogP contribution is 2.31. The fraction of sp³-hybridized carbons (Fsp3) is 0.188. The average molecular weight is 270 g/mol. The van der Waals surface area contributed by atoms with Gasteiger partial charge in [-0.05, 0) is 31.2 Å². The molecule has 4 nitrogen and oxygen atoms in total. The van der Waals surface area contributed by atoms with Crippen molar-refractivity contribution in [3.8, 4) is 0 Å². The number of hydrogen-bond acceptors (Lipinski definition) is 4. The van der Waals surface area contributed by atoms with Gasteiger partial charge in [0.15, 0.2) is 0 Å². The lowest BCUT2D eigenvalue weighted by Crippen LogP contribution is -2.14. The maximum Gasteiger partial charge on any atom is 0.340 e. The average Bonchev–Trinajstić information content (AvgIpc) is 2.47. The van der Waals surface area contributed by atoms with Crippen molar-refractivity contribution >= 4 is 23.0 Å². The van der Waals surface area contributed by atoms with Crippen LogP contribution in [0.4, 0.5) is 17.1 Å². The smallest absolute Gasteiger partial charge is 0.340 e. The lowest BCUT2D eigenvalue weighted by atomic mass is 10.1. The normalized spacial score (nSPS) is 10.2. The molecule has 0 saturated carbocycles. The molecule has 0 atom stereocenters. The molecule has 0 fully saturated rings. The minimum atomic E-state index is -0.429. The highest BCUT2D eigenvalue weighted by atomic mass is 16.5. The quantitative estimate of drug-likeness (QED) is 0.687. The van der Waals surface area contributed by atoms with Crippen LogP contribution < -0.4 is 10.6 Å². The monoisotopic (exact) mass is 270 g/mol. The minimum Gasteiger partial charge on any atom is -0.465 e. The van der Waals surface area contributed by atoms with E-state index in [1.165, 1.54) is 12.7 Å². The number of hydrogen-bond donors (Lipinski definition) is 1. The number of anilines is 3. The molecule has 0 aliphatic rings. The van der Waals surface area contributed by atoms with Crippen LogP contribution in [0.3, 0.4) is 0 Å². The minimum absolute atomic E-state index is 0.379. The molecule has 4 heteroatoms. The lowest BCUT2D eigenvalue weighted by Gasteiger charge is -2.22. The van der Waals surface area contributed by atoms with Crippen LogP contribution in [-0.2, 0) is 4.74 Å². The van der Waals surface area contributed by atoms with Gasteiger partial charge in [-0.3, -0.25) is 0 Å². The summed E-state index contributed by atoms with van der Waals surface area (Å²) in [6, 6.07) is 13.4. The van der Waals surface area contributed by atoms with Gasteiger partial charge in [0.1, 0.15) is 0 Å². The Morgan fingerprint density at radius 1 is 1.15 bits per heavy atom. The first kappa shape index (κ1) is 13.9. The second kappa shape index (κ2) is 5.65. The van der Waals surface area contributed by atoms with Crippen molar-refractivity contribution < 1.29 is 9.53 Å². The van der Waals surface area contributed by atoms with Gasteiger partial charge >= 0.3 is 5.97 Å². The van der Waals surface area contributed by atoms with Crippen molar-refractivity contribution in [1.82, 2.24) is 0 Å². The summed E-state index contributed by atoms with van der Waals surface area (Å²) in [4.78, 5) is 13.6. The van der Waals surface area contributed by atoms with Gasteiger partial charge in [-0.2, -0.15) is 0 Å². The fourth-order valence-electron chi connectivity index (χ4n) is 2.04. The molecule has 0 unspecified atom stereocenters. The van der Waals surface area contributed by atoms with Crippen molar-refractivity contribution in [3.63, 3.8) is 0 Å². The van der Waals surface area contributed by atoms with Crippen LogP contribution in [-0.4, -0.2) is 20.1 Å². The van der Waals surface area contributed by atoms with E-state index >= 15 is 0 Å². The Morgan fingerprint density at radius 2 is 1.80 bits per heavy atom. The Balaban J connectivity index is 2.42. The second-order valence-electron chi connectivity index (χ2n) is 4.62. The number of para-hydroxylation sites is 1. The number of nitrogens with zero attached hydrogens (tertiary/aromatic N) is 1. The van der Waals surface area contributed by atoms with Gasteiger partial charge in [-0.15, -0.1) is 0 Å². The molecule has 2 aromatic rings. The third kappa shape index (κ3) is 2.59. The molecule has 20 heavy (non-hydrogen) atoms. The summed E-state index contributed by atoms with van der Waals surface area (Å²) < 4.78 is 4.74. The van der Waals surface area contributed by atoms with Crippen molar-refractivity contribution in [1.29, 1.82) is 0 Å². The predicted octanol–water partition coefficient (Wildman–Crippen LogP) is 3.13. The summed E-state index contributed by atoms with van der Waals surface area (Å²) in [5.41, 5.74) is 9.85. The van der Waals surface area contributed by atoms with E-state index in [1.807, 2.05) is 49.2 Å². The topological polar surface area (TPSA) is 55.6 Å². The van der Waals surface area contributed by atoms with Crippen molar-refractivity contribution in [3.05, 3.63) is 53.6 Å². The third-order valence-electron chi connectivity index (χ3n) is 3.27. The van der Waals surface area contributed by atoms with E-state index in [0.717, 1.165) is 11.4 Å². The molecule has 0 amide bonds. The first-order valence-electron chi connectivity index (χ1n) is 6.31. The van der Waals surface area contributed by atoms with E-state index < -0.39 is 5.97 Å². The van der Waals surface area contributed by atoms with Gasteiger partial charge in [0.05, 0.1) is 24.0 Å². The molecule has 2 aromatic carbocycles. The zero-order valence-electron chi connectivity index (χ0n) is 11.9. The van der Waals surface area contributed by atoms with E-state index in [-0.39, 0.29) is 0 Å². The summed E-state index contributed by atoms with van der Waals surface area (Å²) >= 11 is 0. The van der Waals surface area contributed by atoms with Crippen LogP contribution in [0, 0.1) is 6.92 Å². The van der Waals surface area contributed by atoms with Crippen molar-refractivity contribution in [2.45, 2.75) is 6.92 Å². The highest BCUT2D eigenvalue weighted by molar-refractivity contribution is 5.99. The molecule has 0 radical (unpaired) electrons. The highest BCUT2D eigenvalue weighted by Gasteiger charge is 2.15. The van der Waals surface area contributed by atoms with E-state index in [0.29, 0.717) is 11.3 Å². The van der Waals surface area contributed by atoms with Crippen molar-refractivity contribution in [2.75, 3.05) is 24.8 Å². The SMILES string of the molecule is COC(=O)c1cccc(N(C)c2ccc(C)cc2)c1N. The second-order valence-corrected chi connectivity index (χ2v) is 4.62. The summed E-state index contributed by atoms with van der Waals surface area (Å²) in [5.74, 6) is -0.429. The number of nitrogens with two attached hydrogens (primary N) is 1. The van der Waals surface area contributed by atoms with Gasteiger partial charge in [0.25, 0.3) is 0 Å². The molecule has 0 aliphatic carbocycles. The summed E-state index contributed by atoms with van der Waals surface area (Å²) in [6.07, 6.45) is 0. The molecule has 0 bridgehead atoms. The molecule has 0 spiro atoms. The Morgan fingerprint density at radius 3 is 2.40 bits per heavy atom. The number of carbonyl (C=O) groups is 1. The number of ether oxygens (including phenoxy) is 1. The van der Waals surface area contributed by atoms with Gasteiger partial charge < -0.3 is 15.4 Å². The lowest BCUT2D eigenvalue weighted by molar-refractivity contribution is 0.0602. The molecular formula is C16H18N2O2. The molecule has 2 rings (SSSR count). The van der Waals surface area contributed by atoms with E-state index in [1.54, 1.807) is 12.1 Å². The predicted molar refractivity (Wildman–Crippen MR) is 81.4 cm³/mol. The van der Waals surface area contributed by atoms with Crippen LogP contribution in [0.25, 0.3) is 0 Å². The molecule has 0 aromatic heterocycles. The zero-order valence-corrected chi connectivity index (χ0v) is 11.9. The first-order valence-corrected chi connectivity index (χ1v) is 6.31. The summed E-state index contributed by atoms with van der Waals surface area (Å²) in [7, 11) is 3.26. The van der Waals surface area contributed by atoms with E-state index in [2.05, 4.69) is 0 Å². The number of nitrogen functional groups attached to an aromatic ring is 1. The first-order chi connectivity index (χ1) is 9.54. The van der Waals surface area contributed by atoms with Crippen molar-refractivity contribution in [2.24, 2.45) is 0 Å². The molecule has 104 valence electrons. The Hall–Kier alpha value is -2.49. The van der Waals surface area contributed by atoms with E-state index in [4.69, 9.17) is 10.5 Å². The van der Waals surface area contributed by atoms with Crippen LogP contribution in [0.5, 0.6) is 0 Å². The van der Waals surface area contributed by atoms with Crippen LogP contribution in [0.1, 0.15) is 15.9 Å². The summed E-state index contributed by atoms with van der Waals surface area (Å²) in [6.45, 7) is 2.04. The van der Waals surface area contributed by atoms with Crippen LogP contribution >= 0.6 is 0 Å². The third-order valence-corrected chi connectivity index (χ3v) is 3.27. The number of esters is 1. The molecule has 2 N–H and O–H groups in total. The Kier molecular flexibility index (Phi) is 3.94. The van der Waals surface area contributed by atoms with Crippen LogP contribution in [0.15, 0.2) is 42.5 Å². The molecule has 0 saturated heterocycles. The Labute approximate surface area is 118 Å². The number of methoxy groups -OCH3 is 1. The molecule has 0 heterocycles. The fourth-order valence-corrected chi connectivity index (χ4v) is 2.04. The zero-order chi connectivity index (χ0) is 14.7. The standard InChI is InChI=1S/C16H18N2O2/c1-11-7-9-12(10-8-11)18(2)14-6-4-5-13(15(14)17)16(19)20-3/h4-10H,17H2,1-3H3. The largest absolute Gasteiger partial charge is 0.465 e. The molecule has 0 aliphatic heterocycles. The number of benzene rings is 2. The van der Waals surface area contributed by atoms with Gasteiger partial charge in [-0.1, -0.05) is 23.8 Å². The number of carbonyl (C=O) groups excluding carboxylic acids is 1. The summed E-state index contributed by atoms with van der Waals surface area (Å²) in [5, 5.41) is 0. The van der Waals surface area contributed by atoms with Gasteiger partial charge in [-0.25, -0.2) is 4.79 Å².